The van der Waals surface area contributed by atoms with Gasteiger partial charge >= 0.3 is 17.9 Å². The van der Waals surface area contributed by atoms with Crippen molar-refractivity contribution in [1.29, 1.82) is 0 Å². The molecule has 0 bridgehead atoms. The minimum atomic E-state index is -1.18. The van der Waals surface area contributed by atoms with Crippen LogP contribution < -0.4 is 15.4 Å². The van der Waals surface area contributed by atoms with E-state index in [0.29, 0.717) is 36.5 Å². The first kappa shape index (κ1) is 54.8. The molecule has 0 saturated heterocycles. The Kier molecular flexibility index (Phi) is 24.2. The average molecular weight is 949 g/mol. The molecule has 368 valence electrons. The number of esters is 3. The molecule has 69 heavy (non-hydrogen) atoms. The predicted octanol–water partition coefficient (Wildman–Crippen LogP) is 6.60. The molecule has 15 heteroatoms. The maximum Gasteiger partial charge on any atom is 0.308 e. The molecule has 0 aliphatic rings. The van der Waals surface area contributed by atoms with Crippen molar-refractivity contribution < 1.29 is 62.0 Å². The van der Waals surface area contributed by atoms with Gasteiger partial charge in [0.25, 0.3) is 0 Å². The highest BCUT2D eigenvalue weighted by Gasteiger charge is 2.33. The first-order valence-electron chi connectivity index (χ1n) is 23.2. The minimum absolute atomic E-state index is 0.00927. The summed E-state index contributed by atoms with van der Waals surface area (Å²) >= 11 is 0. The molecular weight excluding hydrogens is 885 g/mol. The Labute approximate surface area is 404 Å². The number of nitrogens with one attached hydrogen (secondary N) is 2. The van der Waals surface area contributed by atoms with Gasteiger partial charge in [-0.15, -0.1) is 0 Å². The van der Waals surface area contributed by atoms with Crippen LogP contribution in [0.4, 0.5) is 0 Å². The van der Waals surface area contributed by atoms with E-state index in [2.05, 4.69) is 10.6 Å². The van der Waals surface area contributed by atoms with Gasteiger partial charge in [-0.3, -0.25) is 33.6 Å². The molecule has 0 aromatic heterocycles. The van der Waals surface area contributed by atoms with Crippen LogP contribution in [0.2, 0.25) is 0 Å². The molecule has 0 aliphatic carbocycles. The van der Waals surface area contributed by atoms with Gasteiger partial charge in [0.15, 0.2) is 11.6 Å². The number of rotatable bonds is 32. The molecular formula is C54H64N2O13. The van der Waals surface area contributed by atoms with E-state index in [1.807, 2.05) is 48.5 Å². The lowest BCUT2D eigenvalue weighted by atomic mass is 9.89. The Morgan fingerprint density at radius 2 is 1.03 bits per heavy atom. The zero-order valence-corrected chi connectivity index (χ0v) is 39.7. The summed E-state index contributed by atoms with van der Waals surface area (Å²) in [7, 11) is 1.55. The van der Waals surface area contributed by atoms with Crippen molar-refractivity contribution in [3.63, 3.8) is 0 Å². The van der Waals surface area contributed by atoms with Crippen molar-refractivity contribution in [2.24, 2.45) is 11.8 Å². The summed E-state index contributed by atoms with van der Waals surface area (Å²) in [5.41, 5.74) is 2.92. The topological polar surface area (TPSA) is 207 Å². The predicted molar refractivity (Wildman–Crippen MR) is 255 cm³/mol. The molecule has 0 saturated carbocycles. The normalized spacial score (nSPS) is 12.6. The number of amides is 2. The monoisotopic (exact) mass is 948 g/mol. The first-order valence-corrected chi connectivity index (χ1v) is 23.2. The van der Waals surface area contributed by atoms with Crippen molar-refractivity contribution in [2.75, 3.05) is 26.9 Å². The molecule has 15 nitrogen and oxygen atoms in total. The highest BCUT2D eigenvalue weighted by molar-refractivity contribution is 5.95. The molecule has 0 heterocycles. The summed E-state index contributed by atoms with van der Waals surface area (Å²) in [6.45, 7) is 3.62. The maximum atomic E-state index is 14.6. The van der Waals surface area contributed by atoms with Crippen molar-refractivity contribution in [1.82, 2.24) is 10.6 Å². The number of methoxy groups -OCH3 is 1. The summed E-state index contributed by atoms with van der Waals surface area (Å²) < 4.78 is 26.6. The molecule has 4 aromatic carbocycles. The fourth-order valence-electron chi connectivity index (χ4n) is 7.39. The van der Waals surface area contributed by atoms with E-state index in [1.165, 1.54) is 13.8 Å². The SMILES string of the molecule is COCCOCCCC(=O)[C@@H](CCC(=O)OCc1ccccc1)NC(=O)[C@@H](CCC(=O)OCc1ccccc1)CC(=O)[C@@H](Cc1ccccc1)NC(=O)[C@H](CC(C)=O)Cc1ccc(OC(C)=O)cc1. The Morgan fingerprint density at radius 1 is 0.507 bits per heavy atom. The van der Waals surface area contributed by atoms with Crippen LogP contribution in [-0.4, -0.2) is 86.1 Å². The van der Waals surface area contributed by atoms with E-state index < -0.39 is 65.8 Å². The van der Waals surface area contributed by atoms with Crippen molar-refractivity contribution in [3.8, 4) is 5.75 Å². The Balaban J connectivity index is 1.57. The Hall–Kier alpha value is -6.84. The number of hydrogen-bond acceptors (Lipinski definition) is 13. The lowest BCUT2D eigenvalue weighted by molar-refractivity contribution is -0.147. The molecule has 0 fully saturated rings. The van der Waals surface area contributed by atoms with Crippen LogP contribution in [0, 0.1) is 11.8 Å². The molecule has 2 amide bonds. The van der Waals surface area contributed by atoms with Crippen LogP contribution >= 0.6 is 0 Å². The molecule has 2 N–H and O–H groups in total. The summed E-state index contributed by atoms with van der Waals surface area (Å²) in [5, 5.41) is 5.67. The lowest BCUT2D eigenvalue weighted by Gasteiger charge is -2.25. The second-order valence-electron chi connectivity index (χ2n) is 16.8. The second-order valence-corrected chi connectivity index (χ2v) is 16.8. The number of benzene rings is 4. The molecule has 4 aromatic rings. The number of hydrogen-bond donors (Lipinski definition) is 2. The average Bonchev–Trinajstić information content (AvgIpc) is 3.34. The van der Waals surface area contributed by atoms with Gasteiger partial charge in [-0.05, 0) is 73.4 Å². The lowest BCUT2D eigenvalue weighted by Crippen LogP contribution is -2.48. The summed E-state index contributed by atoms with van der Waals surface area (Å²) in [6, 6.07) is 31.3. The largest absolute Gasteiger partial charge is 0.461 e. The highest BCUT2D eigenvalue weighted by atomic mass is 16.5. The van der Waals surface area contributed by atoms with E-state index >= 15 is 0 Å². The number of Topliss-reactive ketones (excluding diaryl/α,β-unsaturated/α-hetero) is 3. The molecule has 0 radical (unpaired) electrons. The van der Waals surface area contributed by atoms with Gasteiger partial charge in [0, 0.05) is 64.6 Å². The summed E-state index contributed by atoms with van der Waals surface area (Å²) in [6.07, 6.45) is -0.778. The van der Waals surface area contributed by atoms with E-state index in [0.717, 1.165) is 11.1 Å². The molecule has 4 rings (SSSR count). The standard InChI is InChI=1S/C54H64N2O13/c1-38(57)32-45(33-41-21-24-46(25-22-41)69-39(2)58)54(64)56-48(34-40-14-7-4-8-15-40)50(60)35-44(23-27-51(61)67-36-42-16-9-5-10-17-42)53(63)55-47(49(59)20-13-29-66-31-30-65-3)26-28-52(62)68-37-43-18-11-6-12-19-43/h4-12,14-19,21-22,24-25,44-45,47-48H,13,20,23,26-37H2,1-3H3,(H,55,63)(H,56,64)/t44-,45+,47+,48+/m0/s1. The third-order valence-corrected chi connectivity index (χ3v) is 11.0. The van der Waals surface area contributed by atoms with Crippen LogP contribution in [0.5, 0.6) is 5.75 Å². The molecule has 0 unspecified atom stereocenters. The van der Waals surface area contributed by atoms with E-state index in [1.54, 1.807) is 73.8 Å². The third kappa shape index (κ3) is 21.8. The van der Waals surface area contributed by atoms with Gasteiger partial charge in [0.2, 0.25) is 11.8 Å². The maximum absolute atomic E-state index is 14.6. The highest BCUT2D eigenvalue weighted by Crippen LogP contribution is 2.21. The van der Waals surface area contributed by atoms with Crippen LogP contribution in [0.25, 0.3) is 0 Å². The van der Waals surface area contributed by atoms with Gasteiger partial charge in [0.1, 0.15) is 24.7 Å². The number of ketones is 3. The van der Waals surface area contributed by atoms with E-state index in [9.17, 15) is 38.4 Å². The van der Waals surface area contributed by atoms with Crippen LogP contribution in [-0.2, 0) is 83.4 Å². The van der Waals surface area contributed by atoms with Crippen LogP contribution in [0.3, 0.4) is 0 Å². The fraction of sp³-hybridized carbons (Fsp3) is 0.407. The van der Waals surface area contributed by atoms with E-state index in [-0.39, 0.29) is 82.8 Å². The zero-order chi connectivity index (χ0) is 49.8. The third-order valence-electron chi connectivity index (χ3n) is 11.0. The summed E-state index contributed by atoms with van der Waals surface area (Å²) in [4.78, 5) is 107. The number of carbonyl (C=O) groups excluding carboxylic acids is 8. The molecule has 0 aliphatic heterocycles. The Bertz CT molecular complexity index is 2250. The van der Waals surface area contributed by atoms with Crippen LogP contribution in [0.1, 0.15) is 87.5 Å². The van der Waals surface area contributed by atoms with Gasteiger partial charge in [-0.2, -0.15) is 0 Å². The van der Waals surface area contributed by atoms with Crippen molar-refractivity contribution in [3.05, 3.63) is 138 Å². The smallest absolute Gasteiger partial charge is 0.308 e. The number of ether oxygens (including phenoxy) is 5. The minimum Gasteiger partial charge on any atom is -0.461 e. The van der Waals surface area contributed by atoms with E-state index in [4.69, 9.17) is 23.7 Å². The van der Waals surface area contributed by atoms with Gasteiger partial charge < -0.3 is 39.1 Å². The van der Waals surface area contributed by atoms with Gasteiger partial charge in [-0.1, -0.05) is 103 Å². The second kappa shape index (κ2) is 30.5. The van der Waals surface area contributed by atoms with Crippen LogP contribution in [0.15, 0.2) is 115 Å². The van der Waals surface area contributed by atoms with Crippen molar-refractivity contribution in [2.45, 2.75) is 103 Å². The number of carbonyl (C=O) groups is 8. The van der Waals surface area contributed by atoms with Crippen molar-refractivity contribution >= 4 is 47.1 Å². The Morgan fingerprint density at radius 3 is 1.58 bits per heavy atom. The zero-order valence-electron chi connectivity index (χ0n) is 39.7. The summed E-state index contributed by atoms with van der Waals surface area (Å²) in [5.74, 6) is -5.86. The molecule has 0 spiro atoms. The molecule has 4 atom stereocenters. The fourth-order valence-corrected chi connectivity index (χ4v) is 7.39. The quantitative estimate of drug-likeness (QED) is 0.0301. The van der Waals surface area contributed by atoms with Gasteiger partial charge in [-0.25, -0.2) is 0 Å². The van der Waals surface area contributed by atoms with Gasteiger partial charge in [0.05, 0.1) is 25.3 Å². The first-order chi connectivity index (χ1) is 33.3.